The van der Waals surface area contributed by atoms with Crippen molar-refractivity contribution in [3.05, 3.63) is 46.9 Å². The summed E-state index contributed by atoms with van der Waals surface area (Å²) in [5, 5.41) is 4.11. The van der Waals surface area contributed by atoms with Gasteiger partial charge in [-0.15, -0.1) is 11.3 Å². The Morgan fingerprint density at radius 3 is 2.94 bits per heavy atom. The summed E-state index contributed by atoms with van der Waals surface area (Å²) in [7, 11) is 0. The molecule has 17 heavy (non-hydrogen) atoms. The molecule has 3 aromatic rings. The first kappa shape index (κ1) is 10.4. The number of thiazole rings is 1. The summed E-state index contributed by atoms with van der Waals surface area (Å²) in [6, 6.07) is 10.2. The maximum Gasteiger partial charge on any atom is 0.107 e. The molecule has 0 radical (unpaired) electrons. The topological polar surface area (TPSA) is 51.8 Å². The predicted molar refractivity (Wildman–Crippen MR) is 70.7 cm³/mol. The number of nitrogens with two attached hydrogens (primary N) is 1. The Hall–Kier alpha value is -1.78. The minimum absolute atomic E-state index is 0.492. The average Bonchev–Trinajstić information content (AvgIpc) is 2.87. The second kappa shape index (κ2) is 4.24. The Morgan fingerprint density at radius 2 is 2.12 bits per heavy atom. The van der Waals surface area contributed by atoms with E-state index in [-0.39, 0.29) is 0 Å². The first-order valence-electron chi connectivity index (χ1n) is 5.36. The Kier molecular flexibility index (Phi) is 2.59. The van der Waals surface area contributed by atoms with Gasteiger partial charge in [-0.2, -0.15) is 0 Å². The third-order valence-electron chi connectivity index (χ3n) is 2.61. The SMILES string of the molecule is NCc1nc(-c2cnc3ccccc3c2)cs1. The number of fused-ring (bicyclic) bond motifs is 1. The van der Waals surface area contributed by atoms with Gasteiger partial charge in [-0.3, -0.25) is 4.98 Å². The van der Waals surface area contributed by atoms with Gasteiger partial charge in [0.25, 0.3) is 0 Å². The summed E-state index contributed by atoms with van der Waals surface area (Å²) in [5.41, 5.74) is 8.56. The smallest absolute Gasteiger partial charge is 0.107 e. The van der Waals surface area contributed by atoms with Crippen molar-refractivity contribution < 1.29 is 0 Å². The van der Waals surface area contributed by atoms with Gasteiger partial charge in [-0.05, 0) is 12.1 Å². The highest BCUT2D eigenvalue weighted by molar-refractivity contribution is 7.09. The largest absolute Gasteiger partial charge is 0.325 e. The van der Waals surface area contributed by atoms with E-state index in [4.69, 9.17) is 5.73 Å². The van der Waals surface area contributed by atoms with Gasteiger partial charge in [0.2, 0.25) is 0 Å². The van der Waals surface area contributed by atoms with Crippen LogP contribution in [0.4, 0.5) is 0 Å². The van der Waals surface area contributed by atoms with Crippen molar-refractivity contribution >= 4 is 22.2 Å². The first-order valence-corrected chi connectivity index (χ1v) is 6.24. The quantitative estimate of drug-likeness (QED) is 0.750. The van der Waals surface area contributed by atoms with E-state index in [0.717, 1.165) is 27.2 Å². The summed E-state index contributed by atoms with van der Waals surface area (Å²) in [4.78, 5) is 8.89. The molecule has 0 saturated carbocycles. The second-order valence-electron chi connectivity index (χ2n) is 3.75. The number of pyridine rings is 1. The molecule has 4 heteroatoms. The number of hydrogen-bond acceptors (Lipinski definition) is 4. The highest BCUT2D eigenvalue weighted by Gasteiger charge is 2.04. The van der Waals surface area contributed by atoms with Gasteiger partial charge in [-0.1, -0.05) is 18.2 Å². The van der Waals surface area contributed by atoms with Crippen LogP contribution in [-0.2, 0) is 6.54 Å². The maximum atomic E-state index is 5.56. The number of rotatable bonds is 2. The van der Waals surface area contributed by atoms with Crippen molar-refractivity contribution in [1.29, 1.82) is 0 Å². The van der Waals surface area contributed by atoms with E-state index in [0.29, 0.717) is 6.54 Å². The Labute approximate surface area is 103 Å². The molecule has 84 valence electrons. The van der Waals surface area contributed by atoms with Gasteiger partial charge in [0.15, 0.2) is 0 Å². The number of benzene rings is 1. The molecule has 2 aromatic heterocycles. The molecule has 0 aliphatic rings. The van der Waals surface area contributed by atoms with E-state index in [1.54, 1.807) is 11.3 Å². The number of aromatic nitrogens is 2. The molecule has 0 fully saturated rings. The highest BCUT2D eigenvalue weighted by Crippen LogP contribution is 2.24. The summed E-state index contributed by atoms with van der Waals surface area (Å²) in [5.74, 6) is 0. The number of para-hydroxylation sites is 1. The molecule has 0 saturated heterocycles. The predicted octanol–water partition coefficient (Wildman–Crippen LogP) is 2.82. The summed E-state index contributed by atoms with van der Waals surface area (Å²) >= 11 is 1.59. The Morgan fingerprint density at radius 1 is 1.24 bits per heavy atom. The van der Waals surface area contributed by atoms with E-state index < -0.39 is 0 Å². The average molecular weight is 241 g/mol. The van der Waals surface area contributed by atoms with Gasteiger partial charge in [0, 0.05) is 29.1 Å². The van der Waals surface area contributed by atoms with E-state index in [1.165, 1.54) is 0 Å². The van der Waals surface area contributed by atoms with Crippen LogP contribution in [0.3, 0.4) is 0 Å². The normalized spacial score (nSPS) is 10.9. The molecule has 3 nitrogen and oxygen atoms in total. The zero-order valence-electron chi connectivity index (χ0n) is 9.13. The van der Waals surface area contributed by atoms with E-state index in [2.05, 4.69) is 22.1 Å². The van der Waals surface area contributed by atoms with Gasteiger partial charge >= 0.3 is 0 Å². The lowest BCUT2D eigenvalue weighted by Gasteiger charge is -1.99. The molecule has 3 rings (SSSR count). The van der Waals surface area contributed by atoms with Crippen LogP contribution in [0.1, 0.15) is 5.01 Å². The summed E-state index contributed by atoms with van der Waals surface area (Å²) in [6.07, 6.45) is 1.86. The lowest BCUT2D eigenvalue weighted by molar-refractivity contribution is 1.04. The maximum absolute atomic E-state index is 5.56. The molecule has 0 unspecified atom stereocenters. The zero-order valence-corrected chi connectivity index (χ0v) is 9.95. The molecular formula is C13H11N3S. The van der Waals surface area contributed by atoms with E-state index >= 15 is 0 Å². The summed E-state index contributed by atoms with van der Waals surface area (Å²) < 4.78 is 0. The van der Waals surface area contributed by atoms with Gasteiger partial charge in [-0.25, -0.2) is 4.98 Å². The van der Waals surface area contributed by atoms with Crippen molar-refractivity contribution in [3.63, 3.8) is 0 Å². The standard InChI is InChI=1S/C13H11N3S/c14-6-13-16-12(8-17-13)10-5-9-3-1-2-4-11(9)15-7-10/h1-5,7-8H,6,14H2. The van der Waals surface area contributed by atoms with Crippen LogP contribution < -0.4 is 5.73 Å². The Bertz CT molecular complexity index is 660. The molecule has 2 heterocycles. The molecule has 2 N–H and O–H groups in total. The molecule has 0 atom stereocenters. The van der Waals surface area contributed by atoms with Crippen LogP contribution in [0.25, 0.3) is 22.2 Å². The zero-order chi connectivity index (χ0) is 11.7. The van der Waals surface area contributed by atoms with Crippen molar-refractivity contribution in [3.8, 4) is 11.3 Å². The van der Waals surface area contributed by atoms with Crippen LogP contribution in [0.2, 0.25) is 0 Å². The minimum atomic E-state index is 0.492. The van der Waals surface area contributed by atoms with E-state index in [1.807, 2.05) is 29.8 Å². The lowest BCUT2D eigenvalue weighted by atomic mass is 10.1. The second-order valence-corrected chi connectivity index (χ2v) is 4.69. The first-order chi connectivity index (χ1) is 8.36. The molecule has 1 aromatic carbocycles. The molecule has 0 spiro atoms. The lowest BCUT2D eigenvalue weighted by Crippen LogP contribution is -1.94. The third-order valence-corrected chi connectivity index (χ3v) is 3.48. The monoisotopic (exact) mass is 241 g/mol. The van der Waals surface area contributed by atoms with Crippen molar-refractivity contribution in [2.24, 2.45) is 5.73 Å². The number of hydrogen-bond donors (Lipinski definition) is 1. The third kappa shape index (κ3) is 1.92. The molecule has 0 aliphatic carbocycles. The van der Waals surface area contributed by atoms with Gasteiger partial charge < -0.3 is 5.73 Å². The fraction of sp³-hybridized carbons (Fsp3) is 0.0769. The summed E-state index contributed by atoms with van der Waals surface area (Å²) in [6.45, 7) is 0.492. The van der Waals surface area contributed by atoms with Crippen LogP contribution >= 0.6 is 11.3 Å². The van der Waals surface area contributed by atoms with Gasteiger partial charge in [0.1, 0.15) is 5.01 Å². The number of nitrogens with zero attached hydrogens (tertiary/aromatic N) is 2. The Balaban J connectivity index is 2.11. The van der Waals surface area contributed by atoms with Gasteiger partial charge in [0.05, 0.1) is 11.2 Å². The van der Waals surface area contributed by atoms with Crippen LogP contribution in [0.5, 0.6) is 0 Å². The van der Waals surface area contributed by atoms with Crippen LogP contribution in [0, 0.1) is 0 Å². The fourth-order valence-electron chi connectivity index (χ4n) is 1.75. The molecule has 0 aliphatic heterocycles. The van der Waals surface area contributed by atoms with Crippen molar-refractivity contribution in [1.82, 2.24) is 9.97 Å². The fourth-order valence-corrected chi connectivity index (χ4v) is 2.43. The van der Waals surface area contributed by atoms with E-state index in [9.17, 15) is 0 Å². The highest BCUT2D eigenvalue weighted by atomic mass is 32.1. The van der Waals surface area contributed by atoms with Crippen LogP contribution in [-0.4, -0.2) is 9.97 Å². The van der Waals surface area contributed by atoms with Crippen molar-refractivity contribution in [2.75, 3.05) is 0 Å². The van der Waals surface area contributed by atoms with Crippen molar-refractivity contribution in [2.45, 2.75) is 6.54 Å². The van der Waals surface area contributed by atoms with Crippen LogP contribution in [0.15, 0.2) is 41.9 Å². The molecule has 0 amide bonds. The minimum Gasteiger partial charge on any atom is -0.325 e. The molecular weight excluding hydrogens is 230 g/mol. The molecule has 0 bridgehead atoms.